The van der Waals surface area contributed by atoms with E-state index >= 15 is 0 Å². The SMILES string of the molecule is Cc1cc2ccccc2n1CC(=O)N1CCC(C)C1CO. The lowest BCUT2D eigenvalue weighted by molar-refractivity contribution is -0.133. The molecule has 1 amide bonds. The van der Waals surface area contributed by atoms with Crippen LogP contribution in [0.2, 0.25) is 0 Å². The van der Waals surface area contributed by atoms with Gasteiger partial charge in [-0.05, 0) is 36.8 Å². The van der Waals surface area contributed by atoms with Crippen LogP contribution in [0.5, 0.6) is 0 Å². The second-order valence-electron chi connectivity index (χ2n) is 6.03. The number of hydrogen-bond donors (Lipinski definition) is 1. The van der Waals surface area contributed by atoms with Gasteiger partial charge in [-0.15, -0.1) is 0 Å². The molecule has 1 N–H and O–H groups in total. The molecule has 3 rings (SSSR count). The summed E-state index contributed by atoms with van der Waals surface area (Å²) in [5.74, 6) is 0.476. The highest BCUT2D eigenvalue weighted by molar-refractivity contribution is 5.84. The standard InChI is InChI=1S/C17H22N2O2/c1-12-7-8-18(16(12)11-20)17(21)10-19-13(2)9-14-5-3-4-6-15(14)19/h3-6,9,12,16,20H,7-8,10-11H2,1-2H3. The maximum Gasteiger partial charge on any atom is 0.242 e. The molecule has 1 aliphatic heterocycles. The Labute approximate surface area is 125 Å². The molecular weight excluding hydrogens is 264 g/mol. The molecule has 4 nitrogen and oxygen atoms in total. The minimum Gasteiger partial charge on any atom is -0.394 e. The van der Waals surface area contributed by atoms with E-state index in [-0.39, 0.29) is 18.6 Å². The van der Waals surface area contributed by atoms with E-state index in [1.54, 1.807) is 0 Å². The molecule has 112 valence electrons. The van der Waals surface area contributed by atoms with Crippen LogP contribution in [-0.2, 0) is 11.3 Å². The third-order valence-corrected chi connectivity index (χ3v) is 4.70. The van der Waals surface area contributed by atoms with Gasteiger partial charge in [0.1, 0.15) is 6.54 Å². The molecule has 2 heterocycles. The molecule has 0 radical (unpaired) electrons. The number of aromatic nitrogens is 1. The van der Waals surface area contributed by atoms with E-state index in [9.17, 15) is 9.90 Å². The number of aryl methyl sites for hydroxylation is 1. The maximum absolute atomic E-state index is 12.6. The van der Waals surface area contributed by atoms with Gasteiger partial charge in [0, 0.05) is 17.8 Å². The Morgan fingerprint density at radius 2 is 2.14 bits per heavy atom. The van der Waals surface area contributed by atoms with Crippen LogP contribution in [0, 0.1) is 12.8 Å². The number of aliphatic hydroxyl groups excluding tert-OH is 1. The van der Waals surface area contributed by atoms with Crippen molar-refractivity contribution in [3.63, 3.8) is 0 Å². The predicted molar refractivity (Wildman–Crippen MR) is 83.0 cm³/mol. The van der Waals surface area contributed by atoms with Crippen LogP contribution in [0.15, 0.2) is 30.3 Å². The summed E-state index contributed by atoms with van der Waals surface area (Å²) in [6, 6.07) is 10.2. The molecule has 2 aromatic rings. The topological polar surface area (TPSA) is 45.5 Å². The molecule has 1 aromatic heterocycles. The molecule has 1 aliphatic rings. The minimum absolute atomic E-state index is 0.0281. The molecule has 0 aliphatic carbocycles. The van der Waals surface area contributed by atoms with Gasteiger partial charge in [0.2, 0.25) is 5.91 Å². The zero-order chi connectivity index (χ0) is 15.0. The van der Waals surface area contributed by atoms with E-state index in [4.69, 9.17) is 0 Å². The Balaban J connectivity index is 1.85. The maximum atomic E-state index is 12.6. The first-order valence-corrected chi connectivity index (χ1v) is 7.57. The number of carbonyl (C=O) groups is 1. The van der Waals surface area contributed by atoms with Crippen LogP contribution in [0.1, 0.15) is 19.0 Å². The Morgan fingerprint density at radius 3 is 2.90 bits per heavy atom. The van der Waals surface area contributed by atoms with Gasteiger partial charge in [-0.25, -0.2) is 0 Å². The first-order valence-electron chi connectivity index (χ1n) is 7.57. The Kier molecular flexibility index (Phi) is 3.72. The van der Waals surface area contributed by atoms with Crippen LogP contribution >= 0.6 is 0 Å². The van der Waals surface area contributed by atoms with E-state index in [0.29, 0.717) is 12.5 Å². The normalized spacial score (nSPS) is 22.1. The Bertz CT molecular complexity index is 662. The molecule has 0 bridgehead atoms. The van der Waals surface area contributed by atoms with Crippen molar-refractivity contribution in [2.75, 3.05) is 13.2 Å². The number of carbonyl (C=O) groups excluding carboxylic acids is 1. The summed E-state index contributed by atoms with van der Waals surface area (Å²) in [4.78, 5) is 14.5. The van der Waals surface area contributed by atoms with Gasteiger partial charge in [0.05, 0.1) is 12.6 Å². The number of para-hydroxylation sites is 1. The third kappa shape index (κ3) is 2.44. The summed E-state index contributed by atoms with van der Waals surface area (Å²) in [5.41, 5.74) is 2.19. The summed E-state index contributed by atoms with van der Waals surface area (Å²) in [6.07, 6.45) is 0.975. The fourth-order valence-electron chi connectivity index (χ4n) is 3.38. The quantitative estimate of drug-likeness (QED) is 0.940. The largest absolute Gasteiger partial charge is 0.394 e. The van der Waals surface area contributed by atoms with Crippen molar-refractivity contribution < 1.29 is 9.90 Å². The molecule has 4 heteroatoms. The van der Waals surface area contributed by atoms with Gasteiger partial charge in [0.15, 0.2) is 0 Å². The second kappa shape index (κ2) is 5.53. The molecular formula is C17H22N2O2. The fraction of sp³-hybridized carbons (Fsp3) is 0.471. The second-order valence-corrected chi connectivity index (χ2v) is 6.03. The van der Waals surface area contributed by atoms with Gasteiger partial charge in [0.25, 0.3) is 0 Å². The van der Waals surface area contributed by atoms with Crippen LogP contribution < -0.4 is 0 Å². The van der Waals surface area contributed by atoms with Crippen molar-refractivity contribution in [3.8, 4) is 0 Å². The number of fused-ring (bicyclic) bond motifs is 1. The Morgan fingerprint density at radius 1 is 1.38 bits per heavy atom. The summed E-state index contributed by atoms with van der Waals surface area (Å²) >= 11 is 0. The number of rotatable bonds is 3. The lowest BCUT2D eigenvalue weighted by atomic mass is 10.0. The number of amides is 1. The highest BCUT2D eigenvalue weighted by atomic mass is 16.3. The van der Waals surface area contributed by atoms with Gasteiger partial charge in [-0.1, -0.05) is 25.1 Å². The molecule has 2 atom stereocenters. The van der Waals surface area contributed by atoms with E-state index in [0.717, 1.165) is 29.6 Å². The number of nitrogens with zero attached hydrogens (tertiary/aromatic N) is 2. The Hall–Kier alpha value is -1.81. The molecule has 0 spiro atoms. The van der Waals surface area contributed by atoms with E-state index in [2.05, 4.69) is 23.6 Å². The summed E-state index contributed by atoms with van der Waals surface area (Å²) in [6.45, 7) is 5.29. The lowest BCUT2D eigenvalue weighted by Gasteiger charge is -2.25. The number of likely N-dealkylation sites (tertiary alicyclic amines) is 1. The third-order valence-electron chi connectivity index (χ3n) is 4.70. The molecule has 0 saturated carbocycles. The summed E-state index contributed by atoms with van der Waals surface area (Å²) < 4.78 is 2.06. The molecule has 1 aromatic carbocycles. The zero-order valence-electron chi connectivity index (χ0n) is 12.6. The molecule has 2 unspecified atom stereocenters. The van der Waals surface area contributed by atoms with Gasteiger partial charge in [-0.3, -0.25) is 4.79 Å². The summed E-state index contributed by atoms with van der Waals surface area (Å²) in [7, 11) is 0. The van der Waals surface area contributed by atoms with Gasteiger partial charge < -0.3 is 14.6 Å². The van der Waals surface area contributed by atoms with Crippen molar-refractivity contribution in [1.82, 2.24) is 9.47 Å². The smallest absolute Gasteiger partial charge is 0.242 e. The minimum atomic E-state index is -0.0281. The zero-order valence-corrected chi connectivity index (χ0v) is 12.6. The van der Waals surface area contributed by atoms with E-state index in [1.807, 2.05) is 30.0 Å². The van der Waals surface area contributed by atoms with E-state index in [1.165, 1.54) is 0 Å². The first-order chi connectivity index (χ1) is 10.1. The van der Waals surface area contributed by atoms with Crippen molar-refractivity contribution in [1.29, 1.82) is 0 Å². The van der Waals surface area contributed by atoms with Crippen LogP contribution in [0.4, 0.5) is 0 Å². The van der Waals surface area contributed by atoms with Gasteiger partial charge >= 0.3 is 0 Å². The van der Waals surface area contributed by atoms with Crippen LogP contribution in [-0.4, -0.2) is 39.7 Å². The van der Waals surface area contributed by atoms with Crippen molar-refractivity contribution in [2.24, 2.45) is 5.92 Å². The number of aliphatic hydroxyl groups is 1. The average Bonchev–Trinajstić information content (AvgIpc) is 3.00. The summed E-state index contributed by atoms with van der Waals surface area (Å²) in [5, 5.41) is 10.7. The van der Waals surface area contributed by atoms with Crippen molar-refractivity contribution in [3.05, 3.63) is 36.0 Å². The lowest BCUT2D eigenvalue weighted by Crippen LogP contribution is -2.41. The van der Waals surface area contributed by atoms with Crippen LogP contribution in [0.25, 0.3) is 10.9 Å². The number of hydrogen-bond acceptors (Lipinski definition) is 2. The average molecular weight is 286 g/mol. The van der Waals surface area contributed by atoms with Crippen molar-refractivity contribution >= 4 is 16.8 Å². The number of benzene rings is 1. The first kappa shape index (κ1) is 14.1. The fourth-order valence-corrected chi connectivity index (χ4v) is 3.38. The highest BCUT2D eigenvalue weighted by Crippen LogP contribution is 2.25. The molecule has 21 heavy (non-hydrogen) atoms. The van der Waals surface area contributed by atoms with Crippen molar-refractivity contribution in [2.45, 2.75) is 32.9 Å². The van der Waals surface area contributed by atoms with Gasteiger partial charge in [-0.2, -0.15) is 0 Å². The van der Waals surface area contributed by atoms with E-state index < -0.39 is 0 Å². The molecule has 1 saturated heterocycles. The van der Waals surface area contributed by atoms with Crippen LogP contribution in [0.3, 0.4) is 0 Å². The molecule has 1 fully saturated rings. The predicted octanol–water partition coefficient (Wildman–Crippen LogP) is 2.18. The highest BCUT2D eigenvalue weighted by Gasteiger charge is 2.33. The monoisotopic (exact) mass is 286 g/mol.